The number of pyridine rings is 1. The zero-order valence-electron chi connectivity index (χ0n) is 11.4. The minimum atomic E-state index is 0.144. The summed E-state index contributed by atoms with van der Waals surface area (Å²) in [6, 6.07) is 11.7. The summed E-state index contributed by atoms with van der Waals surface area (Å²) in [5, 5.41) is 0.915. The van der Waals surface area contributed by atoms with Crippen LogP contribution in [0, 0.1) is 20.8 Å². The van der Waals surface area contributed by atoms with Gasteiger partial charge in [0.15, 0.2) is 5.78 Å². The topological polar surface area (TPSA) is 30.0 Å². The molecule has 19 heavy (non-hydrogen) atoms. The van der Waals surface area contributed by atoms with Gasteiger partial charge in [0.1, 0.15) is 0 Å². The highest BCUT2D eigenvalue weighted by molar-refractivity contribution is 7.99. The quantitative estimate of drug-likeness (QED) is 0.622. The normalized spacial score (nSPS) is 10.5. The van der Waals surface area contributed by atoms with Crippen LogP contribution in [0.2, 0.25) is 0 Å². The number of carbonyl (C=O) groups excluding carboxylic acids is 1. The summed E-state index contributed by atoms with van der Waals surface area (Å²) < 4.78 is 0. The molecule has 2 nitrogen and oxygen atoms in total. The molecule has 0 fully saturated rings. The lowest BCUT2D eigenvalue weighted by atomic mass is 10.1. The van der Waals surface area contributed by atoms with Crippen LogP contribution in [0.25, 0.3) is 0 Å². The number of aromatic nitrogens is 1. The van der Waals surface area contributed by atoms with E-state index in [9.17, 15) is 4.79 Å². The Balaban J connectivity index is 2.02. The van der Waals surface area contributed by atoms with Gasteiger partial charge in [-0.2, -0.15) is 0 Å². The number of ketones is 1. The molecule has 0 N–H and O–H groups in total. The van der Waals surface area contributed by atoms with Crippen LogP contribution in [-0.4, -0.2) is 16.5 Å². The SMILES string of the molecule is Cc1ccc(C(=O)CSc2cc(C)cc(C)n2)cc1. The molecule has 3 heteroatoms. The molecule has 98 valence electrons. The van der Waals surface area contributed by atoms with Crippen molar-refractivity contribution in [2.75, 3.05) is 5.75 Å². The lowest BCUT2D eigenvalue weighted by molar-refractivity contribution is 0.102. The molecule has 1 aromatic carbocycles. The lowest BCUT2D eigenvalue weighted by Gasteiger charge is -2.04. The molecule has 0 amide bonds. The molecule has 0 aliphatic heterocycles. The molecule has 0 aliphatic rings. The first-order valence-corrected chi connectivity index (χ1v) is 7.21. The van der Waals surface area contributed by atoms with E-state index in [1.54, 1.807) is 0 Å². The Morgan fingerprint density at radius 1 is 1.05 bits per heavy atom. The maximum atomic E-state index is 12.1. The summed E-state index contributed by atoms with van der Waals surface area (Å²) in [6.07, 6.45) is 0. The van der Waals surface area contributed by atoms with Crippen LogP contribution in [0.3, 0.4) is 0 Å². The predicted octanol–water partition coefficient (Wildman–Crippen LogP) is 3.98. The molecular weight excluding hydrogens is 254 g/mol. The lowest BCUT2D eigenvalue weighted by Crippen LogP contribution is -2.02. The van der Waals surface area contributed by atoms with E-state index in [-0.39, 0.29) is 5.78 Å². The summed E-state index contributed by atoms with van der Waals surface area (Å²) in [7, 11) is 0. The number of nitrogens with zero attached hydrogens (tertiary/aromatic N) is 1. The van der Waals surface area contributed by atoms with Crippen LogP contribution in [0.4, 0.5) is 0 Å². The Hall–Kier alpha value is -1.61. The van der Waals surface area contributed by atoms with Crippen LogP contribution in [0.1, 0.15) is 27.2 Å². The molecule has 1 heterocycles. The molecule has 0 saturated heterocycles. The number of rotatable bonds is 4. The van der Waals surface area contributed by atoms with Crippen molar-refractivity contribution in [1.82, 2.24) is 4.98 Å². The molecule has 0 radical (unpaired) electrons. The number of hydrogen-bond acceptors (Lipinski definition) is 3. The molecule has 0 bridgehead atoms. The third kappa shape index (κ3) is 3.93. The molecule has 0 spiro atoms. The standard InChI is InChI=1S/C16H17NOS/c1-11-4-6-14(7-5-11)15(18)10-19-16-9-12(2)8-13(3)17-16/h4-9H,10H2,1-3H3. The Morgan fingerprint density at radius 2 is 1.74 bits per heavy atom. The molecule has 0 aliphatic carbocycles. The van der Waals surface area contributed by atoms with Gasteiger partial charge in [-0.25, -0.2) is 4.98 Å². The minimum absolute atomic E-state index is 0.144. The largest absolute Gasteiger partial charge is 0.293 e. The van der Waals surface area contributed by atoms with Crippen molar-refractivity contribution >= 4 is 17.5 Å². The van der Waals surface area contributed by atoms with Gasteiger partial charge < -0.3 is 0 Å². The fourth-order valence-corrected chi connectivity index (χ4v) is 2.76. The summed E-state index contributed by atoms with van der Waals surface area (Å²) in [5.41, 5.74) is 4.10. The van der Waals surface area contributed by atoms with Crippen molar-refractivity contribution in [3.8, 4) is 0 Å². The number of thioether (sulfide) groups is 1. The van der Waals surface area contributed by atoms with Gasteiger partial charge in [0, 0.05) is 11.3 Å². The third-order valence-electron chi connectivity index (χ3n) is 2.80. The van der Waals surface area contributed by atoms with Gasteiger partial charge in [-0.05, 0) is 38.5 Å². The summed E-state index contributed by atoms with van der Waals surface area (Å²) in [4.78, 5) is 16.5. The molecular formula is C16H17NOS. The molecule has 2 aromatic rings. The van der Waals surface area contributed by atoms with Gasteiger partial charge in [-0.15, -0.1) is 0 Å². The van der Waals surface area contributed by atoms with E-state index in [1.807, 2.05) is 57.2 Å². The van der Waals surface area contributed by atoms with E-state index in [2.05, 4.69) is 4.98 Å². The molecule has 0 atom stereocenters. The predicted molar refractivity (Wildman–Crippen MR) is 79.9 cm³/mol. The molecule has 0 unspecified atom stereocenters. The number of Topliss-reactive ketones (excluding diaryl/α,β-unsaturated/α-hetero) is 1. The highest BCUT2D eigenvalue weighted by Gasteiger charge is 2.07. The highest BCUT2D eigenvalue weighted by atomic mass is 32.2. The van der Waals surface area contributed by atoms with E-state index in [4.69, 9.17) is 0 Å². The smallest absolute Gasteiger partial charge is 0.173 e. The van der Waals surface area contributed by atoms with E-state index >= 15 is 0 Å². The van der Waals surface area contributed by atoms with E-state index in [0.29, 0.717) is 5.75 Å². The maximum absolute atomic E-state index is 12.1. The Labute approximate surface area is 118 Å². The number of hydrogen-bond donors (Lipinski definition) is 0. The Kier molecular flexibility index (Phi) is 4.38. The first-order valence-electron chi connectivity index (χ1n) is 6.22. The third-order valence-corrected chi connectivity index (χ3v) is 3.71. The van der Waals surface area contributed by atoms with Gasteiger partial charge >= 0.3 is 0 Å². The van der Waals surface area contributed by atoms with E-state index < -0.39 is 0 Å². The zero-order valence-corrected chi connectivity index (χ0v) is 12.3. The van der Waals surface area contributed by atoms with Gasteiger partial charge in [0.05, 0.1) is 10.8 Å². The fourth-order valence-electron chi connectivity index (χ4n) is 1.84. The summed E-state index contributed by atoms with van der Waals surface area (Å²) in [5.74, 6) is 0.574. The maximum Gasteiger partial charge on any atom is 0.173 e. The highest BCUT2D eigenvalue weighted by Crippen LogP contribution is 2.19. The number of aryl methyl sites for hydroxylation is 3. The van der Waals surface area contributed by atoms with Crippen LogP contribution >= 0.6 is 11.8 Å². The minimum Gasteiger partial charge on any atom is -0.293 e. The van der Waals surface area contributed by atoms with Crippen LogP contribution in [0.5, 0.6) is 0 Å². The molecule has 0 saturated carbocycles. The van der Waals surface area contributed by atoms with Crippen molar-refractivity contribution < 1.29 is 4.79 Å². The second kappa shape index (κ2) is 6.02. The summed E-state index contributed by atoms with van der Waals surface area (Å²) >= 11 is 1.50. The average molecular weight is 271 g/mol. The van der Waals surface area contributed by atoms with E-state index in [0.717, 1.165) is 16.3 Å². The number of carbonyl (C=O) groups is 1. The van der Waals surface area contributed by atoms with Gasteiger partial charge in [0.25, 0.3) is 0 Å². The summed E-state index contributed by atoms with van der Waals surface area (Å²) in [6.45, 7) is 6.03. The monoisotopic (exact) mass is 271 g/mol. The van der Waals surface area contributed by atoms with Crippen LogP contribution < -0.4 is 0 Å². The first-order chi connectivity index (χ1) is 9.04. The molecule has 2 rings (SSSR count). The second-order valence-corrected chi connectivity index (χ2v) is 5.70. The van der Waals surface area contributed by atoms with Crippen molar-refractivity contribution in [3.63, 3.8) is 0 Å². The van der Waals surface area contributed by atoms with Crippen molar-refractivity contribution in [2.45, 2.75) is 25.8 Å². The van der Waals surface area contributed by atoms with Gasteiger partial charge in [-0.3, -0.25) is 4.79 Å². The first kappa shape index (κ1) is 13.8. The Morgan fingerprint density at radius 3 is 2.37 bits per heavy atom. The second-order valence-electron chi connectivity index (χ2n) is 4.70. The van der Waals surface area contributed by atoms with Gasteiger partial charge in [0.2, 0.25) is 0 Å². The zero-order chi connectivity index (χ0) is 13.8. The van der Waals surface area contributed by atoms with Crippen LogP contribution in [0.15, 0.2) is 41.4 Å². The Bertz CT molecular complexity index is 570. The van der Waals surface area contributed by atoms with Crippen molar-refractivity contribution in [1.29, 1.82) is 0 Å². The number of benzene rings is 1. The van der Waals surface area contributed by atoms with Crippen LogP contribution in [-0.2, 0) is 0 Å². The fraction of sp³-hybridized carbons (Fsp3) is 0.250. The average Bonchev–Trinajstić information content (AvgIpc) is 2.36. The van der Waals surface area contributed by atoms with Crippen molar-refractivity contribution in [2.24, 2.45) is 0 Å². The van der Waals surface area contributed by atoms with Crippen molar-refractivity contribution in [3.05, 3.63) is 58.8 Å². The van der Waals surface area contributed by atoms with E-state index in [1.165, 1.54) is 22.9 Å². The van der Waals surface area contributed by atoms with Gasteiger partial charge in [-0.1, -0.05) is 41.6 Å². The molecule has 1 aromatic heterocycles.